The second kappa shape index (κ2) is 4.29. The molecule has 0 radical (unpaired) electrons. The van der Waals surface area contributed by atoms with Crippen LogP contribution in [-0.4, -0.2) is 15.5 Å². The zero-order valence-electron chi connectivity index (χ0n) is 9.77. The standard InChI is InChI=1S/C12H14N4O/c1-8-7-16(12(13)14-8)11-5-3-10(4-6-11)15-9(2)17/h3-7H,1-2H3,(H2,13,14)(H,15,17). The lowest BCUT2D eigenvalue weighted by Crippen LogP contribution is -2.06. The Morgan fingerprint density at radius 2 is 2.00 bits per heavy atom. The molecule has 17 heavy (non-hydrogen) atoms. The number of amides is 1. The first-order valence-electron chi connectivity index (χ1n) is 5.26. The molecule has 0 aliphatic heterocycles. The summed E-state index contributed by atoms with van der Waals surface area (Å²) in [4.78, 5) is 15.0. The molecular weight excluding hydrogens is 216 g/mol. The van der Waals surface area contributed by atoms with Crippen LogP contribution in [0.25, 0.3) is 5.69 Å². The molecule has 0 saturated carbocycles. The molecule has 0 aliphatic rings. The molecule has 2 rings (SSSR count). The van der Waals surface area contributed by atoms with Gasteiger partial charge in [-0.15, -0.1) is 0 Å². The highest BCUT2D eigenvalue weighted by molar-refractivity contribution is 5.88. The molecule has 5 heteroatoms. The third kappa shape index (κ3) is 2.44. The van der Waals surface area contributed by atoms with E-state index in [4.69, 9.17) is 5.73 Å². The number of hydrogen-bond donors (Lipinski definition) is 2. The van der Waals surface area contributed by atoms with Crippen molar-refractivity contribution in [3.05, 3.63) is 36.2 Å². The lowest BCUT2D eigenvalue weighted by Gasteiger charge is -2.06. The topological polar surface area (TPSA) is 72.9 Å². The highest BCUT2D eigenvalue weighted by Gasteiger charge is 2.04. The number of aryl methyl sites for hydroxylation is 1. The number of aromatic nitrogens is 2. The van der Waals surface area contributed by atoms with Gasteiger partial charge < -0.3 is 11.1 Å². The van der Waals surface area contributed by atoms with Gasteiger partial charge in [-0.2, -0.15) is 0 Å². The summed E-state index contributed by atoms with van der Waals surface area (Å²) in [6.07, 6.45) is 1.86. The molecule has 0 aliphatic carbocycles. The van der Waals surface area contributed by atoms with Gasteiger partial charge in [-0.3, -0.25) is 9.36 Å². The van der Waals surface area contributed by atoms with Crippen molar-refractivity contribution < 1.29 is 4.79 Å². The average Bonchev–Trinajstić information content (AvgIpc) is 2.58. The largest absolute Gasteiger partial charge is 0.369 e. The zero-order valence-corrected chi connectivity index (χ0v) is 9.77. The van der Waals surface area contributed by atoms with E-state index in [1.165, 1.54) is 6.92 Å². The van der Waals surface area contributed by atoms with Gasteiger partial charge >= 0.3 is 0 Å². The monoisotopic (exact) mass is 230 g/mol. The number of nitrogens with one attached hydrogen (secondary N) is 1. The van der Waals surface area contributed by atoms with Crippen molar-refractivity contribution in [3.63, 3.8) is 0 Å². The molecular formula is C12H14N4O. The molecule has 0 fully saturated rings. The maximum atomic E-state index is 10.9. The summed E-state index contributed by atoms with van der Waals surface area (Å²) in [7, 11) is 0. The van der Waals surface area contributed by atoms with E-state index in [1.807, 2.05) is 37.4 Å². The maximum absolute atomic E-state index is 10.9. The fourth-order valence-electron chi connectivity index (χ4n) is 1.63. The van der Waals surface area contributed by atoms with Crippen molar-refractivity contribution in [2.45, 2.75) is 13.8 Å². The molecule has 2 aromatic rings. The van der Waals surface area contributed by atoms with E-state index < -0.39 is 0 Å². The van der Waals surface area contributed by atoms with Gasteiger partial charge in [0.1, 0.15) is 0 Å². The number of nitrogen functional groups attached to an aromatic ring is 1. The molecule has 0 unspecified atom stereocenters. The van der Waals surface area contributed by atoms with Gasteiger partial charge in [-0.1, -0.05) is 0 Å². The minimum absolute atomic E-state index is 0.0873. The molecule has 0 saturated heterocycles. The van der Waals surface area contributed by atoms with Crippen molar-refractivity contribution in [1.82, 2.24) is 9.55 Å². The van der Waals surface area contributed by atoms with E-state index in [-0.39, 0.29) is 5.91 Å². The van der Waals surface area contributed by atoms with E-state index in [0.717, 1.165) is 17.1 Å². The first-order valence-corrected chi connectivity index (χ1v) is 5.26. The summed E-state index contributed by atoms with van der Waals surface area (Å²) in [6.45, 7) is 3.36. The Morgan fingerprint density at radius 1 is 1.35 bits per heavy atom. The highest BCUT2D eigenvalue weighted by atomic mass is 16.1. The second-order valence-corrected chi connectivity index (χ2v) is 3.84. The van der Waals surface area contributed by atoms with Crippen LogP contribution in [0.3, 0.4) is 0 Å². The smallest absolute Gasteiger partial charge is 0.221 e. The number of imidazole rings is 1. The number of carbonyl (C=O) groups excluding carboxylic acids is 1. The lowest BCUT2D eigenvalue weighted by atomic mass is 10.2. The Bertz CT molecular complexity index is 542. The number of rotatable bonds is 2. The number of nitrogens with zero attached hydrogens (tertiary/aromatic N) is 2. The van der Waals surface area contributed by atoms with Crippen LogP contribution in [0, 0.1) is 6.92 Å². The van der Waals surface area contributed by atoms with Gasteiger partial charge in [0.25, 0.3) is 0 Å². The van der Waals surface area contributed by atoms with E-state index in [1.54, 1.807) is 4.57 Å². The minimum atomic E-state index is -0.0873. The van der Waals surface area contributed by atoms with Gasteiger partial charge in [0.05, 0.1) is 5.69 Å². The summed E-state index contributed by atoms with van der Waals surface area (Å²) >= 11 is 0. The van der Waals surface area contributed by atoms with Crippen molar-refractivity contribution in [3.8, 4) is 5.69 Å². The molecule has 0 spiro atoms. The minimum Gasteiger partial charge on any atom is -0.369 e. The van der Waals surface area contributed by atoms with Crippen LogP contribution in [0.2, 0.25) is 0 Å². The fraction of sp³-hybridized carbons (Fsp3) is 0.167. The number of benzene rings is 1. The van der Waals surface area contributed by atoms with Crippen molar-refractivity contribution in [1.29, 1.82) is 0 Å². The normalized spacial score (nSPS) is 10.2. The third-order valence-corrected chi connectivity index (χ3v) is 2.32. The molecule has 0 bridgehead atoms. The van der Waals surface area contributed by atoms with E-state index in [2.05, 4.69) is 10.3 Å². The number of hydrogen-bond acceptors (Lipinski definition) is 3. The van der Waals surface area contributed by atoms with Crippen LogP contribution < -0.4 is 11.1 Å². The number of anilines is 2. The predicted octanol–water partition coefficient (Wildman–Crippen LogP) is 1.72. The molecule has 1 amide bonds. The van der Waals surface area contributed by atoms with E-state index in [0.29, 0.717) is 5.95 Å². The predicted molar refractivity (Wildman–Crippen MR) is 67.0 cm³/mol. The Hall–Kier alpha value is -2.30. The Balaban J connectivity index is 2.29. The third-order valence-electron chi connectivity index (χ3n) is 2.32. The molecule has 0 atom stereocenters. The molecule has 1 heterocycles. The lowest BCUT2D eigenvalue weighted by molar-refractivity contribution is -0.114. The van der Waals surface area contributed by atoms with Gasteiger partial charge in [0.2, 0.25) is 11.9 Å². The van der Waals surface area contributed by atoms with Crippen LogP contribution in [0.1, 0.15) is 12.6 Å². The summed E-state index contributed by atoms with van der Waals surface area (Å²) in [6, 6.07) is 7.41. The molecule has 3 N–H and O–H groups in total. The van der Waals surface area contributed by atoms with Crippen LogP contribution >= 0.6 is 0 Å². The Kier molecular flexibility index (Phi) is 2.82. The van der Waals surface area contributed by atoms with E-state index >= 15 is 0 Å². The van der Waals surface area contributed by atoms with Crippen molar-refractivity contribution >= 4 is 17.5 Å². The second-order valence-electron chi connectivity index (χ2n) is 3.84. The van der Waals surface area contributed by atoms with Crippen LogP contribution in [0.4, 0.5) is 11.6 Å². The Labute approximate surface area is 99.3 Å². The van der Waals surface area contributed by atoms with E-state index in [9.17, 15) is 4.79 Å². The van der Waals surface area contributed by atoms with Crippen LogP contribution in [0.15, 0.2) is 30.5 Å². The van der Waals surface area contributed by atoms with Crippen LogP contribution in [-0.2, 0) is 4.79 Å². The van der Waals surface area contributed by atoms with Gasteiger partial charge in [0, 0.05) is 24.5 Å². The number of nitrogens with two attached hydrogens (primary N) is 1. The first-order chi connectivity index (χ1) is 8.06. The van der Waals surface area contributed by atoms with Gasteiger partial charge in [0.15, 0.2) is 0 Å². The fourth-order valence-corrected chi connectivity index (χ4v) is 1.63. The summed E-state index contributed by atoms with van der Waals surface area (Å²) in [5, 5.41) is 2.71. The Morgan fingerprint density at radius 3 is 2.47 bits per heavy atom. The van der Waals surface area contributed by atoms with Gasteiger partial charge in [-0.05, 0) is 31.2 Å². The molecule has 5 nitrogen and oxygen atoms in total. The highest BCUT2D eigenvalue weighted by Crippen LogP contribution is 2.16. The van der Waals surface area contributed by atoms with Gasteiger partial charge in [-0.25, -0.2) is 4.98 Å². The first kappa shape index (κ1) is 11.2. The summed E-state index contributed by atoms with van der Waals surface area (Å²) in [5.74, 6) is 0.366. The summed E-state index contributed by atoms with van der Waals surface area (Å²) in [5.41, 5.74) is 8.32. The molecule has 88 valence electrons. The maximum Gasteiger partial charge on any atom is 0.221 e. The molecule has 1 aromatic heterocycles. The van der Waals surface area contributed by atoms with Crippen molar-refractivity contribution in [2.24, 2.45) is 0 Å². The van der Waals surface area contributed by atoms with Crippen LogP contribution in [0.5, 0.6) is 0 Å². The average molecular weight is 230 g/mol. The zero-order chi connectivity index (χ0) is 12.4. The summed E-state index contributed by atoms with van der Waals surface area (Å²) < 4.78 is 1.80. The SMILES string of the molecule is CC(=O)Nc1ccc(-n2cc(C)nc2N)cc1. The molecule has 1 aromatic carbocycles. The quantitative estimate of drug-likeness (QED) is 0.825. The number of carbonyl (C=O) groups is 1. The van der Waals surface area contributed by atoms with Crippen molar-refractivity contribution in [2.75, 3.05) is 11.1 Å².